The van der Waals surface area contributed by atoms with Crippen LogP contribution in [0.4, 0.5) is 10.1 Å². The van der Waals surface area contributed by atoms with Gasteiger partial charge in [0.1, 0.15) is 5.52 Å². The molecule has 4 nitrogen and oxygen atoms in total. The monoisotopic (exact) mass is 321 g/mol. The fourth-order valence-corrected chi connectivity index (χ4v) is 2.97. The summed E-state index contributed by atoms with van der Waals surface area (Å²) in [4.78, 5) is 17.6. The summed E-state index contributed by atoms with van der Waals surface area (Å²) in [6.45, 7) is 1.45. The molecule has 1 amide bonds. The summed E-state index contributed by atoms with van der Waals surface area (Å²) in [7, 11) is 1.83. The predicted octanol–water partition coefficient (Wildman–Crippen LogP) is 3.31. The number of pyridine rings is 1. The smallest absolute Gasteiger partial charge is 0.222 e. The maximum absolute atomic E-state index is 13.9. The molecule has 1 saturated heterocycles. The lowest BCUT2D eigenvalue weighted by Gasteiger charge is -2.29. The number of piperidine rings is 1. The summed E-state index contributed by atoms with van der Waals surface area (Å²) in [5.41, 5.74) is 1.09. The number of nitrogens with one attached hydrogen (secondary N) is 1. The Morgan fingerprint density at radius 1 is 1.50 bits per heavy atom. The maximum atomic E-state index is 13.9. The third-order valence-electron chi connectivity index (χ3n) is 4.11. The molecule has 1 aromatic carbocycles. The molecule has 3 rings (SSSR count). The van der Waals surface area contributed by atoms with Crippen molar-refractivity contribution in [1.29, 1.82) is 0 Å². The van der Waals surface area contributed by atoms with Crippen LogP contribution >= 0.6 is 11.6 Å². The van der Waals surface area contributed by atoms with Gasteiger partial charge < -0.3 is 10.2 Å². The SMILES string of the molecule is CN1CC[C@H](CNc2ccnc3c(F)cc(Cl)cc23)CC1=O. The molecule has 0 unspecified atom stereocenters. The molecule has 0 bridgehead atoms. The Morgan fingerprint density at radius 2 is 2.32 bits per heavy atom. The summed E-state index contributed by atoms with van der Waals surface area (Å²) in [5, 5.41) is 4.31. The Kier molecular flexibility index (Phi) is 4.16. The Bertz CT molecular complexity index is 722. The number of carbonyl (C=O) groups excluding carboxylic acids is 1. The zero-order valence-corrected chi connectivity index (χ0v) is 13.0. The minimum Gasteiger partial charge on any atom is -0.384 e. The quantitative estimate of drug-likeness (QED) is 0.943. The average molecular weight is 322 g/mol. The zero-order chi connectivity index (χ0) is 15.7. The van der Waals surface area contributed by atoms with E-state index in [1.165, 1.54) is 6.07 Å². The lowest BCUT2D eigenvalue weighted by molar-refractivity contribution is -0.133. The van der Waals surface area contributed by atoms with E-state index in [9.17, 15) is 9.18 Å². The van der Waals surface area contributed by atoms with Crippen LogP contribution in [0, 0.1) is 11.7 Å². The molecule has 0 spiro atoms. The third-order valence-corrected chi connectivity index (χ3v) is 4.32. The van der Waals surface area contributed by atoms with Gasteiger partial charge in [0.25, 0.3) is 0 Å². The Labute approximate surface area is 133 Å². The van der Waals surface area contributed by atoms with E-state index < -0.39 is 5.82 Å². The molecule has 0 saturated carbocycles. The van der Waals surface area contributed by atoms with Crippen LogP contribution in [0.15, 0.2) is 24.4 Å². The maximum Gasteiger partial charge on any atom is 0.222 e. The van der Waals surface area contributed by atoms with E-state index in [-0.39, 0.29) is 11.8 Å². The van der Waals surface area contributed by atoms with Gasteiger partial charge >= 0.3 is 0 Å². The van der Waals surface area contributed by atoms with E-state index in [0.29, 0.717) is 28.9 Å². The van der Waals surface area contributed by atoms with Gasteiger partial charge in [0, 0.05) is 48.9 Å². The number of amides is 1. The largest absolute Gasteiger partial charge is 0.384 e. The van der Waals surface area contributed by atoms with Gasteiger partial charge in [-0.05, 0) is 30.5 Å². The van der Waals surface area contributed by atoms with Crippen molar-refractivity contribution < 1.29 is 9.18 Å². The van der Waals surface area contributed by atoms with Crippen molar-refractivity contribution in [3.63, 3.8) is 0 Å². The predicted molar refractivity (Wildman–Crippen MR) is 85.6 cm³/mol. The zero-order valence-electron chi connectivity index (χ0n) is 12.3. The van der Waals surface area contributed by atoms with E-state index >= 15 is 0 Å². The van der Waals surface area contributed by atoms with Gasteiger partial charge in [-0.1, -0.05) is 11.6 Å². The van der Waals surface area contributed by atoms with E-state index in [1.807, 2.05) is 7.05 Å². The standard InChI is InChI=1S/C16H17ClFN3O/c1-21-5-3-10(6-15(21)22)9-20-14-2-4-19-16-12(14)7-11(17)8-13(16)18/h2,4,7-8,10H,3,5-6,9H2,1H3,(H,19,20)/t10-/m0/s1. The van der Waals surface area contributed by atoms with E-state index in [2.05, 4.69) is 10.3 Å². The van der Waals surface area contributed by atoms with Crippen LogP contribution in [-0.4, -0.2) is 35.9 Å². The minimum atomic E-state index is -0.430. The molecule has 2 aromatic rings. The van der Waals surface area contributed by atoms with Crippen LogP contribution in [0.3, 0.4) is 0 Å². The van der Waals surface area contributed by atoms with Crippen LogP contribution in [0.25, 0.3) is 10.9 Å². The molecule has 6 heteroatoms. The molecular weight excluding hydrogens is 305 g/mol. The van der Waals surface area contributed by atoms with Crippen molar-refractivity contribution in [3.8, 4) is 0 Å². The lowest BCUT2D eigenvalue weighted by atomic mass is 9.96. The summed E-state index contributed by atoms with van der Waals surface area (Å²) in [6.07, 6.45) is 3.08. The van der Waals surface area contributed by atoms with Crippen LogP contribution < -0.4 is 5.32 Å². The van der Waals surface area contributed by atoms with Gasteiger partial charge in [-0.2, -0.15) is 0 Å². The number of aromatic nitrogens is 1. The molecule has 0 radical (unpaired) electrons. The van der Waals surface area contributed by atoms with Crippen LogP contribution in [0.2, 0.25) is 5.02 Å². The highest BCUT2D eigenvalue weighted by molar-refractivity contribution is 6.31. The van der Waals surface area contributed by atoms with Crippen molar-refractivity contribution in [2.75, 3.05) is 25.5 Å². The molecule has 0 aliphatic carbocycles. The van der Waals surface area contributed by atoms with Gasteiger partial charge in [-0.25, -0.2) is 4.39 Å². The molecule has 1 atom stereocenters. The molecule has 1 N–H and O–H groups in total. The van der Waals surface area contributed by atoms with E-state index in [4.69, 9.17) is 11.6 Å². The summed E-state index contributed by atoms with van der Waals surface area (Å²) in [6, 6.07) is 4.76. The number of fused-ring (bicyclic) bond motifs is 1. The number of hydrogen-bond donors (Lipinski definition) is 1. The molecule has 116 valence electrons. The number of halogens is 2. The highest BCUT2D eigenvalue weighted by Crippen LogP contribution is 2.28. The number of hydrogen-bond acceptors (Lipinski definition) is 3. The Hall–Kier alpha value is -1.88. The molecular formula is C16H17ClFN3O. The average Bonchev–Trinajstić information content (AvgIpc) is 2.48. The van der Waals surface area contributed by atoms with Gasteiger partial charge in [0.15, 0.2) is 5.82 Å². The Balaban J connectivity index is 1.78. The summed E-state index contributed by atoms with van der Waals surface area (Å²) >= 11 is 5.93. The topological polar surface area (TPSA) is 45.2 Å². The lowest BCUT2D eigenvalue weighted by Crippen LogP contribution is -2.37. The fourth-order valence-electron chi connectivity index (χ4n) is 2.77. The molecule has 1 aliphatic heterocycles. The van der Waals surface area contributed by atoms with Crippen molar-refractivity contribution in [1.82, 2.24) is 9.88 Å². The first-order chi connectivity index (χ1) is 10.5. The molecule has 1 aromatic heterocycles. The van der Waals surface area contributed by atoms with Crippen LogP contribution in [-0.2, 0) is 4.79 Å². The molecule has 1 aliphatic rings. The van der Waals surface area contributed by atoms with Gasteiger partial charge in [-0.3, -0.25) is 9.78 Å². The Morgan fingerprint density at radius 3 is 3.09 bits per heavy atom. The van der Waals surface area contributed by atoms with E-state index in [0.717, 1.165) is 18.7 Å². The van der Waals surface area contributed by atoms with Gasteiger partial charge in [0.2, 0.25) is 5.91 Å². The van der Waals surface area contributed by atoms with Crippen molar-refractivity contribution in [3.05, 3.63) is 35.2 Å². The number of anilines is 1. The van der Waals surface area contributed by atoms with Crippen molar-refractivity contribution in [2.45, 2.75) is 12.8 Å². The van der Waals surface area contributed by atoms with Crippen molar-refractivity contribution >= 4 is 34.1 Å². The molecule has 2 heterocycles. The highest BCUT2D eigenvalue weighted by atomic mass is 35.5. The minimum absolute atomic E-state index is 0.173. The molecule has 1 fully saturated rings. The fraction of sp³-hybridized carbons (Fsp3) is 0.375. The summed E-state index contributed by atoms with van der Waals surface area (Å²) in [5.74, 6) is 0.0308. The number of rotatable bonds is 3. The second-order valence-electron chi connectivity index (χ2n) is 5.70. The van der Waals surface area contributed by atoms with Crippen molar-refractivity contribution in [2.24, 2.45) is 5.92 Å². The second kappa shape index (κ2) is 6.08. The first-order valence-electron chi connectivity index (χ1n) is 7.26. The number of carbonyl (C=O) groups is 1. The first kappa shape index (κ1) is 15.0. The third kappa shape index (κ3) is 2.99. The number of likely N-dealkylation sites (tertiary alicyclic amines) is 1. The highest BCUT2D eigenvalue weighted by Gasteiger charge is 2.23. The van der Waals surface area contributed by atoms with E-state index in [1.54, 1.807) is 23.2 Å². The second-order valence-corrected chi connectivity index (χ2v) is 6.13. The summed E-state index contributed by atoms with van der Waals surface area (Å²) < 4.78 is 13.9. The number of benzene rings is 1. The molecule has 22 heavy (non-hydrogen) atoms. The van der Waals surface area contributed by atoms with Gasteiger partial charge in [0.05, 0.1) is 0 Å². The normalized spacial score (nSPS) is 18.8. The number of nitrogens with zero attached hydrogens (tertiary/aromatic N) is 2. The van der Waals surface area contributed by atoms with Crippen LogP contribution in [0.1, 0.15) is 12.8 Å². The van der Waals surface area contributed by atoms with Crippen LogP contribution in [0.5, 0.6) is 0 Å². The first-order valence-corrected chi connectivity index (χ1v) is 7.64. The van der Waals surface area contributed by atoms with Gasteiger partial charge in [-0.15, -0.1) is 0 Å².